The van der Waals surface area contributed by atoms with Gasteiger partial charge < -0.3 is 18.9 Å². The Bertz CT molecular complexity index is 1000. The van der Waals surface area contributed by atoms with Crippen molar-refractivity contribution in [1.29, 1.82) is 0 Å². The van der Waals surface area contributed by atoms with E-state index in [1.54, 1.807) is 14.2 Å². The number of ether oxygens (including phenoxy) is 4. The van der Waals surface area contributed by atoms with E-state index in [1.165, 1.54) is 14.2 Å². The van der Waals surface area contributed by atoms with Gasteiger partial charge in [0.1, 0.15) is 0 Å². The van der Waals surface area contributed by atoms with E-state index in [1.807, 2.05) is 19.2 Å². The monoisotopic (exact) mass is 400 g/mol. The molecule has 0 fully saturated rings. The first-order chi connectivity index (χ1) is 14.0. The summed E-state index contributed by atoms with van der Waals surface area (Å²) in [4.78, 5) is 13.9. The smallest absolute Gasteiger partial charge is 0.318 e. The van der Waals surface area contributed by atoms with Crippen LogP contribution < -0.4 is 18.9 Å². The molecule has 0 aromatic heterocycles. The molecule has 2 aromatic rings. The van der Waals surface area contributed by atoms with Crippen molar-refractivity contribution in [3.8, 4) is 34.1 Å². The molecule has 1 aliphatic carbocycles. The summed E-state index contributed by atoms with van der Waals surface area (Å²) < 4.78 is 22.2. The van der Waals surface area contributed by atoms with Crippen LogP contribution in [0.1, 0.15) is 22.7 Å². The van der Waals surface area contributed by atoms with Crippen LogP contribution in [-0.4, -0.2) is 51.9 Å². The standard InChI is InChI=1S/C21H24N2O6/c1-22-7-6-12-17-14(22)8-11-9-15(26-2)16(27-3)10-13(11)18(17)20(28-4)21(29-5)19(12)23(24)25/h9-10,14H,6-8H2,1-5H3/t14-/m1/s1. The first kappa shape index (κ1) is 19.3. The lowest BCUT2D eigenvalue weighted by Crippen LogP contribution is -2.36. The topological polar surface area (TPSA) is 83.3 Å². The summed E-state index contributed by atoms with van der Waals surface area (Å²) in [6.07, 6.45) is 1.30. The fourth-order valence-corrected chi connectivity index (χ4v) is 4.68. The highest BCUT2D eigenvalue weighted by molar-refractivity contribution is 5.88. The lowest BCUT2D eigenvalue weighted by Gasteiger charge is -2.40. The number of benzene rings is 2. The number of hydrogen-bond donors (Lipinski definition) is 0. The molecule has 1 aliphatic heterocycles. The fourth-order valence-electron chi connectivity index (χ4n) is 4.68. The van der Waals surface area contributed by atoms with E-state index in [2.05, 4.69) is 4.90 Å². The average Bonchev–Trinajstić information content (AvgIpc) is 2.73. The molecule has 8 nitrogen and oxygen atoms in total. The predicted molar refractivity (Wildman–Crippen MR) is 108 cm³/mol. The highest BCUT2D eigenvalue weighted by Gasteiger charge is 2.42. The van der Waals surface area contributed by atoms with Crippen LogP contribution in [0.15, 0.2) is 12.1 Å². The third kappa shape index (κ3) is 2.70. The number of methoxy groups -OCH3 is 4. The summed E-state index contributed by atoms with van der Waals surface area (Å²) in [7, 11) is 8.20. The van der Waals surface area contributed by atoms with Crippen LogP contribution in [-0.2, 0) is 12.8 Å². The van der Waals surface area contributed by atoms with Gasteiger partial charge in [0, 0.05) is 23.7 Å². The Morgan fingerprint density at radius 3 is 2.28 bits per heavy atom. The van der Waals surface area contributed by atoms with Gasteiger partial charge in [-0.1, -0.05) is 0 Å². The molecule has 29 heavy (non-hydrogen) atoms. The maximum Gasteiger partial charge on any atom is 0.318 e. The highest BCUT2D eigenvalue weighted by Crippen LogP contribution is 2.57. The number of likely N-dealkylation sites (N-methyl/N-ethyl adjacent to an activating group) is 1. The number of hydrogen-bond acceptors (Lipinski definition) is 7. The molecule has 1 heterocycles. The highest BCUT2D eigenvalue weighted by atomic mass is 16.6. The molecular weight excluding hydrogens is 376 g/mol. The predicted octanol–water partition coefficient (Wildman–Crippen LogP) is 3.38. The van der Waals surface area contributed by atoms with E-state index >= 15 is 0 Å². The Morgan fingerprint density at radius 1 is 1.03 bits per heavy atom. The van der Waals surface area contributed by atoms with Gasteiger partial charge in [-0.25, -0.2) is 0 Å². The van der Waals surface area contributed by atoms with Crippen LogP contribution in [0.25, 0.3) is 11.1 Å². The zero-order valence-electron chi connectivity index (χ0n) is 17.2. The average molecular weight is 400 g/mol. The molecule has 2 aromatic carbocycles. The second-order valence-electron chi connectivity index (χ2n) is 7.25. The van der Waals surface area contributed by atoms with E-state index in [4.69, 9.17) is 18.9 Å². The molecule has 0 radical (unpaired) electrons. The lowest BCUT2D eigenvalue weighted by atomic mass is 9.75. The van der Waals surface area contributed by atoms with E-state index in [9.17, 15) is 10.1 Å². The molecule has 154 valence electrons. The van der Waals surface area contributed by atoms with Gasteiger partial charge in [0.25, 0.3) is 0 Å². The molecule has 8 heteroatoms. The first-order valence-electron chi connectivity index (χ1n) is 9.37. The van der Waals surface area contributed by atoms with Crippen LogP contribution in [0, 0.1) is 10.1 Å². The Balaban J connectivity index is 2.14. The van der Waals surface area contributed by atoms with Crippen LogP contribution >= 0.6 is 0 Å². The van der Waals surface area contributed by atoms with Gasteiger partial charge in [-0.05, 0) is 48.7 Å². The molecule has 1 atom stereocenters. The van der Waals surface area contributed by atoms with E-state index < -0.39 is 0 Å². The molecule has 0 spiro atoms. The number of fused-ring (bicyclic) bond motifs is 2. The SMILES string of the molecule is COc1cc2c(cc1OC)-c1c(OC)c(OC)c([N+](=O)[O-])c3c1[C@@H](C2)N(C)CC3. The maximum atomic E-state index is 12.0. The van der Waals surface area contributed by atoms with Crippen molar-refractivity contribution >= 4 is 5.69 Å². The summed E-state index contributed by atoms with van der Waals surface area (Å²) in [6, 6.07) is 3.91. The Morgan fingerprint density at radius 2 is 1.69 bits per heavy atom. The minimum Gasteiger partial charge on any atom is -0.493 e. The Kier molecular flexibility index (Phi) is 4.74. The molecule has 0 saturated carbocycles. The molecule has 0 bridgehead atoms. The van der Waals surface area contributed by atoms with Crippen molar-refractivity contribution in [3.05, 3.63) is 38.9 Å². The van der Waals surface area contributed by atoms with Gasteiger partial charge in [0.2, 0.25) is 5.75 Å². The van der Waals surface area contributed by atoms with Gasteiger partial charge in [-0.15, -0.1) is 0 Å². The van der Waals surface area contributed by atoms with Crippen LogP contribution in [0.3, 0.4) is 0 Å². The molecule has 2 aliphatic rings. The van der Waals surface area contributed by atoms with Crippen molar-refractivity contribution in [2.45, 2.75) is 18.9 Å². The minimum atomic E-state index is -0.358. The third-order valence-electron chi connectivity index (χ3n) is 5.99. The van der Waals surface area contributed by atoms with Gasteiger partial charge in [0.15, 0.2) is 17.2 Å². The summed E-state index contributed by atoms with van der Waals surface area (Å²) >= 11 is 0. The summed E-state index contributed by atoms with van der Waals surface area (Å²) in [5, 5.41) is 12.0. The van der Waals surface area contributed by atoms with Crippen LogP contribution in [0.4, 0.5) is 5.69 Å². The molecule has 4 rings (SSSR count). The number of nitro benzene ring substituents is 1. The summed E-state index contributed by atoms with van der Waals surface area (Å²) in [5.41, 5.74) is 4.52. The van der Waals surface area contributed by atoms with Gasteiger partial charge >= 0.3 is 5.69 Å². The van der Waals surface area contributed by atoms with Gasteiger partial charge in [0.05, 0.1) is 33.4 Å². The van der Waals surface area contributed by atoms with Crippen molar-refractivity contribution in [2.24, 2.45) is 0 Å². The molecule has 0 saturated heterocycles. The van der Waals surface area contributed by atoms with Gasteiger partial charge in [-0.2, -0.15) is 0 Å². The summed E-state index contributed by atoms with van der Waals surface area (Å²) in [6.45, 7) is 0.732. The Labute approximate surface area is 169 Å². The van der Waals surface area contributed by atoms with Crippen molar-refractivity contribution in [1.82, 2.24) is 4.90 Å². The van der Waals surface area contributed by atoms with E-state index in [0.717, 1.165) is 40.8 Å². The normalized spacial score (nSPS) is 17.2. The van der Waals surface area contributed by atoms with E-state index in [0.29, 0.717) is 23.7 Å². The minimum absolute atomic E-state index is 0.00475. The quantitative estimate of drug-likeness (QED) is 0.562. The molecular formula is C21H24N2O6. The molecule has 0 unspecified atom stereocenters. The second kappa shape index (κ2) is 7.11. The first-order valence-corrected chi connectivity index (χ1v) is 9.37. The van der Waals surface area contributed by atoms with Gasteiger partial charge in [-0.3, -0.25) is 15.0 Å². The number of rotatable bonds is 5. The molecule has 0 amide bonds. The van der Waals surface area contributed by atoms with Crippen LogP contribution in [0.2, 0.25) is 0 Å². The zero-order valence-corrected chi connectivity index (χ0v) is 17.2. The van der Waals surface area contributed by atoms with E-state index in [-0.39, 0.29) is 22.4 Å². The van der Waals surface area contributed by atoms with Crippen molar-refractivity contribution < 1.29 is 23.9 Å². The Hall–Kier alpha value is -3.00. The third-order valence-corrected chi connectivity index (χ3v) is 5.99. The lowest BCUT2D eigenvalue weighted by molar-refractivity contribution is -0.386. The fraction of sp³-hybridized carbons (Fsp3) is 0.429. The number of nitrogens with zero attached hydrogens (tertiary/aromatic N) is 2. The van der Waals surface area contributed by atoms with Crippen molar-refractivity contribution in [3.63, 3.8) is 0 Å². The number of nitro groups is 1. The van der Waals surface area contributed by atoms with Crippen LogP contribution in [0.5, 0.6) is 23.0 Å². The zero-order chi connectivity index (χ0) is 20.9. The molecule has 0 N–H and O–H groups in total. The maximum absolute atomic E-state index is 12.0. The largest absolute Gasteiger partial charge is 0.493 e. The second-order valence-corrected chi connectivity index (χ2v) is 7.25. The summed E-state index contributed by atoms with van der Waals surface area (Å²) in [5.74, 6) is 1.80. The van der Waals surface area contributed by atoms with Crippen molar-refractivity contribution in [2.75, 3.05) is 42.0 Å².